The summed E-state index contributed by atoms with van der Waals surface area (Å²) in [7, 11) is 0. The zero-order valence-corrected chi connectivity index (χ0v) is 12.6. The molecule has 1 aliphatic rings. The quantitative estimate of drug-likeness (QED) is 0.904. The van der Waals surface area contributed by atoms with Gasteiger partial charge < -0.3 is 5.32 Å². The third-order valence-electron chi connectivity index (χ3n) is 4.30. The average Bonchev–Trinajstić information content (AvgIpc) is 3.17. The Bertz CT molecular complexity index is 600. The Kier molecular flexibility index (Phi) is 4.06. The van der Waals surface area contributed by atoms with Crippen molar-refractivity contribution in [2.45, 2.75) is 31.1 Å². The number of carbonyl (C=O) groups is 1. The molecule has 0 atom stereocenters. The van der Waals surface area contributed by atoms with E-state index in [4.69, 9.17) is 0 Å². The molecule has 1 saturated carbocycles. The van der Waals surface area contributed by atoms with Crippen LogP contribution in [0.5, 0.6) is 0 Å². The van der Waals surface area contributed by atoms with Gasteiger partial charge in [-0.3, -0.25) is 4.79 Å². The van der Waals surface area contributed by atoms with Crippen LogP contribution in [0.25, 0.3) is 0 Å². The van der Waals surface area contributed by atoms with Crippen LogP contribution in [0.4, 0.5) is 4.39 Å². The van der Waals surface area contributed by atoms with Gasteiger partial charge in [0.15, 0.2) is 0 Å². The molecule has 0 bridgehead atoms. The van der Waals surface area contributed by atoms with Crippen molar-refractivity contribution in [1.82, 2.24) is 5.32 Å². The fraction of sp³-hybridized carbons (Fsp3) is 0.353. The maximum Gasteiger partial charge on any atom is 0.251 e. The highest BCUT2D eigenvalue weighted by atomic mass is 32.1. The van der Waals surface area contributed by atoms with Crippen molar-refractivity contribution in [2.75, 3.05) is 6.54 Å². The van der Waals surface area contributed by atoms with Crippen molar-refractivity contribution < 1.29 is 9.18 Å². The highest BCUT2D eigenvalue weighted by Crippen LogP contribution is 2.42. The van der Waals surface area contributed by atoms with Gasteiger partial charge in [0.05, 0.1) is 0 Å². The SMILES string of the molecule is O=C(NCC1(c2cccs2)CCCC1)c1ccc(F)cc1. The predicted octanol–water partition coefficient (Wildman–Crippen LogP) is 4.13. The van der Waals surface area contributed by atoms with Gasteiger partial charge >= 0.3 is 0 Å². The normalized spacial score (nSPS) is 16.8. The number of nitrogens with one attached hydrogen (secondary N) is 1. The van der Waals surface area contributed by atoms with E-state index in [-0.39, 0.29) is 17.1 Å². The minimum atomic E-state index is -0.322. The van der Waals surface area contributed by atoms with Gasteiger partial charge in [0.25, 0.3) is 5.91 Å². The highest BCUT2D eigenvalue weighted by molar-refractivity contribution is 7.10. The molecule has 4 heteroatoms. The first-order chi connectivity index (χ1) is 10.2. The first-order valence-electron chi connectivity index (χ1n) is 7.27. The second-order valence-electron chi connectivity index (χ2n) is 5.65. The summed E-state index contributed by atoms with van der Waals surface area (Å²) in [5.74, 6) is -0.449. The van der Waals surface area contributed by atoms with Crippen molar-refractivity contribution in [3.05, 3.63) is 58.0 Å². The van der Waals surface area contributed by atoms with Crippen molar-refractivity contribution in [2.24, 2.45) is 0 Å². The second-order valence-corrected chi connectivity index (χ2v) is 6.60. The molecule has 0 radical (unpaired) electrons. The summed E-state index contributed by atoms with van der Waals surface area (Å²) in [6.07, 6.45) is 4.67. The topological polar surface area (TPSA) is 29.1 Å². The molecule has 0 spiro atoms. The molecule has 110 valence electrons. The van der Waals surface area contributed by atoms with E-state index >= 15 is 0 Å². The summed E-state index contributed by atoms with van der Waals surface area (Å²) < 4.78 is 12.9. The molecular formula is C17H18FNOS. The summed E-state index contributed by atoms with van der Waals surface area (Å²) in [5.41, 5.74) is 0.597. The maximum absolute atomic E-state index is 12.9. The van der Waals surface area contributed by atoms with Gasteiger partial charge in [0, 0.05) is 22.4 Å². The Morgan fingerprint density at radius 3 is 2.52 bits per heavy atom. The fourth-order valence-corrected chi connectivity index (χ4v) is 4.08. The van der Waals surface area contributed by atoms with Gasteiger partial charge in [-0.05, 0) is 48.6 Å². The van der Waals surface area contributed by atoms with Crippen LogP contribution in [0, 0.1) is 5.82 Å². The minimum Gasteiger partial charge on any atom is -0.351 e. The molecule has 1 amide bonds. The number of rotatable bonds is 4. The molecule has 0 saturated heterocycles. The van der Waals surface area contributed by atoms with E-state index in [2.05, 4.69) is 22.8 Å². The van der Waals surface area contributed by atoms with Gasteiger partial charge in [-0.25, -0.2) is 4.39 Å². The molecule has 1 aromatic heterocycles. The standard InChI is InChI=1S/C17H18FNOS/c18-14-7-5-13(6-8-14)16(20)19-12-17(9-1-2-10-17)15-4-3-11-21-15/h3-8,11H,1-2,9-10,12H2,(H,19,20). The number of amides is 1. The van der Waals surface area contributed by atoms with Crippen LogP contribution in [0.3, 0.4) is 0 Å². The summed E-state index contributed by atoms with van der Waals surface area (Å²) in [6.45, 7) is 0.656. The number of benzene rings is 1. The van der Waals surface area contributed by atoms with Gasteiger partial charge in [0.2, 0.25) is 0 Å². The molecule has 0 unspecified atom stereocenters. The summed E-state index contributed by atoms with van der Waals surface area (Å²) in [4.78, 5) is 13.6. The van der Waals surface area contributed by atoms with Gasteiger partial charge in [-0.1, -0.05) is 18.9 Å². The lowest BCUT2D eigenvalue weighted by atomic mass is 9.84. The Hall–Kier alpha value is -1.68. The van der Waals surface area contributed by atoms with Crippen LogP contribution < -0.4 is 5.32 Å². The van der Waals surface area contributed by atoms with Gasteiger partial charge in [0.1, 0.15) is 5.82 Å². The first kappa shape index (κ1) is 14.3. The van der Waals surface area contributed by atoms with E-state index < -0.39 is 0 Å². The van der Waals surface area contributed by atoms with Crippen molar-refractivity contribution in [3.8, 4) is 0 Å². The van der Waals surface area contributed by atoms with Gasteiger partial charge in [-0.15, -0.1) is 11.3 Å². The van der Waals surface area contributed by atoms with Crippen LogP contribution in [-0.4, -0.2) is 12.5 Å². The number of hydrogen-bond donors (Lipinski definition) is 1. The van der Waals surface area contributed by atoms with Crippen LogP contribution in [-0.2, 0) is 5.41 Å². The minimum absolute atomic E-state index is 0.0872. The average molecular weight is 303 g/mol. The van der Waals surface area contributed by atoms with E-state index in [9.17, 15) is 9.18 Å². The molecule has 3 rings (SSSR count). The number of hydrogen-bond acceptors (Lipinski definition) is 2. The lowest BCUT2D eigenvalue weighted by Crippen LogP contribution is -2.38. The van der Waals surface area contributed by atoms with Crippen LogP contribution >= 0.6 is 11.3 Å². The molecule has 21 heavy (non-hydrogen) atoms. The van der Waals surface area contributed by atoms with E-state index in [0.29, 0.717) is 12.1 Å². The molecule has 0 aliphatic heterocycles. The third-order valence-corrected chi connectivity index (χ3v) is 5.41. The first-order valence-corrected chi connectivity index (χ1v) is 8.15. The monoisotopic (exact) mass is 303 g/mol. The lowest BCUT2D eigenvalue weighted by molar-refractivity contribution is 0.0943. The fourth-order valence-electron chi connectivity index (χ4n) is 3.10. The zero-order valence-electron chi connectivity index (χ0n) is 11.8. The molecule has 2 nitrogen and oxygen atoms in total. The van der Waals surface area contributed by atoms with E-state index in [1.54, 1.807) is 11.3 Å². The summed E-state index contributed by atoms with van der Waals surface area (Å²) in [6, 6.07) is 9.93. The summed E-state index contributed by atoms with van der Waals surface area (Å²) >= 11 is 1.77. The van der Waals surface area contributed by atoms with Crippen molar-refractivity contribution >= 4 is 17.2 Å². The third kappa shape index (κ3) is 3.00. The van der Waals surface area contributed by atoms with Crippen LogP contribution in [0.2, 0.25) is 0 Å². The molecule has 1 heterocycles. The summed E-state index contributed by atoms with van der Waals surface area (Å²) in [5, 5.41) is 5.13. The Morgan fingerprint density at radius 1 is 1.19 bits per heavy atom. The maximum atomic E-state index is 12.9. The Labute approximate surface area is 128 Å². The van der Waals surface area contributed by atoms with E-state index in [1.807, 2.05) is 0 Å². The predicted molar refractivity (Wildman–Crippen MR) is 83.2 cm³/mol. The molecular weight excluding hydrogens is 285 g/mol. The molecule has 1 aromatic carbocycles. The Morgan fingerprint density at radius 2 is 1.90 bits per heavy atom. The van der Waals surface area contributed by atoms with Crippen LogP contribution in [0.15, 0.2) is 41.8 Å². The lowest BCUT2D eigenvalue weighted by Gasteiger charge is -2.28. The van der Waals surface area contributed by atoms with Crippen molar-refractivity contribution in [1.29, 1.82) is 0 Å². The largest absolute Gasteiger partial charge is 0.351 e. The molecule has 1 N–H and O–H groups in total. The second kappa shape index (κ2) is 5.98. The van der Waals surface area contributed by atoms with E-state index in [1.165, 1.54) is 42.0 Å². The molecule has 1 aliphatic carbocycles. The number of carbonyl (C=O) groups excluding carboxylic acids is 1. The van der Waals surface area contributed by atoms with E-state index in [0.717, 1.165) is 12.8 Å². The number of halogens is 1. The molecule has 1 fully saturated rings. The molecule has 2 aromatic rings. The highest BCUT2D eigenvalue weighted by Gasteiger charge is 2.36. The van der Waals surface area contributed by atoms with Crippen LogP contribution in [0.1, 0.15) is 40.9 Å². The Balaban J connectivity index is 1.70. The number of thiophene rings is 1. The zero-order chi connectivity index (χ0) is 14.7. The van der Waals surface area contributed by atoms with Gasteiger partial charge in [-0.2, -0.15) is 0 Å². The van der Waals surface area contributed by atoms with Crippen molar-refractivity contribution in [3.63, 3.8) is 0 Å². The smallest absolute Gasteiger partial charge is 0.251 e.